The number of benzene rings is 1. The van der Waals surface area contributed by atoms with E-state index in [0.29, 0.717) is 22.9 Å². The third kappa shape index (κ3) is 2.19. The van der Waals surface area contributed by atoms with Crippen LogP contribution in [-0.2, 0) is 0 Å². The maximum absolute atomic E-state index is 5.99. The molecule has 2 fully saturated rings. The summed E-state index contributed by atoms with van der Waals surface area (Å²) < 4.78 is 0. The first-order valence-electron chi connectivity index (χ1n) is 7.84. The number of hydrogen-bond acceptors (Lipinski definition) is 1. The lowest BCUT2D eigenvalue weighted by Crippen LogP contribution is -2.50. The lowest BCUT2D eigenvalue weighted by atomic mass is 9.68. The average Bonchev–Trinajstić information content (AvgIpc) is 2.86. The molecule has 0 radical (unpaired) electrons. The third-order valence-corrected chi connectivity index (χ3v) is 6.31. The molecule has 1 aromatic carbocycles. The Bertz CT molecular complexity index is 488. The van der Waals surface area contributed by atoms with Crippen molar-refractivity contribution >= 4 is 11.6 Å². The fraction of sp³-hybridized carbons (Fsp3) is 0.667. The largest absolute Gasteiger partial charge is 0.306 e. The predicted octanol–water partition coefficient (Wildman–Crippen LogP) is 5.21. The SMILES string of the molecule is C[C@H](NC1C2(C)CCC(C2)C1(C)C)c1ccc(Cl)cc1. The molecule has 2 bridgehead atoms. The van der Waals surface area contributed by atoms with Crippen LogP contribution in [0.3, 0.4) is 0 Å². The standard InChI is InChI=1S/C18H26ClN/c1-12(13-5-7-15(19)8-6-13)20-16-17(2,3)14-9-10-18(16,4)11-14/h5-8,12,14,16,20H,9-11H2,1-4H3/t12-,14?,16?,18?/m0/s1. The molecule has 2 aliphatic carbocycles. The Labute approximate surface area is 128 Å². The molecule has 1 nitrogen and oxygen atoms in total. The molecule has 0 aliphatic heterocycles. The summed E-state index contributed by atoms with van der Waals surface area (Å²) in [6.07, 6.45) is 4.19. The molecule has 1 N–H and O–H groups in total. The zero-order valence-corrected chi connectivity index (χ0v) is 13.8. The molecule has 2 saturated carbocycles. The summed E-state index contributed by atoms with van der Waals surface area (Å²) in [4.78, 5) is 0. The molecule has 0 spiro atoms. The molecule has 3 unspecified atom stereocenters. The molecule has 3 rings (SSSR count). The van der Waals surface area contributed by atoms with Crippen molar-refractivity contribution in [2.75, 3.05) is 0 Å². The number of hydrogen-bond donors (Lipinski definition) is 1. The van der Waals surface area contributed by atoms with Crippen LogP contribution in [0, 0.1) is 16.7 Å². The van der Waals surface area contributed by atoms with Crippen molar-refractivity contribution in [1.29, 1.82) is 0 Å². The van der Waals surface area contributed by atoms with Gasteiger partial charge in [-0.1, -0.05) is 44.5 Å². The maximum Gasteiger partial charge on any atom is 0.0406 e. The summed E-state index contributed by atoms with van der Waals surface area (Å²) in [6.45, 7) is 9.66. The average molecular weight is 292 g/mol. The van der Waals surface area contributed by atoms with E-state index in [1.165, 1.54) is 24.8 Å². The van der Waals surface area contributed by atoms with E-state index in [4.69, 9.17) is 11.6 Å². The zero-order chi connectivity index (χ0) is 14.5. The van der Waals surface area contributed by atoms with E-state index in [2.05, 4.69) is 45.1 Å². The highest BCUT2D eigenvalue weighted by atomic mass is 35.5. The quantitative estimate of drug-likeness (QED) is 0.806. The van der Waals surface area contributed by atoms with Crippen LogP contribution in [0.4, 0.5) is 0 Å². The lowest BCUT2D eigenvalue weighted by molar-refractivity contribution is 0.100. The Morgan fingerprint density at radius 2 is 1.85 bits per heavy atom. The minimum Gasteiger partial charge on any atom is -0.306 e. The van der Waals surface area contributed by atoms with Crippen LogP contribution >= 0.6 is 11.6 Å². The van der Waals surface area contributed by atoms with Gasteiger partial charge in [0.25, 0.3) is 0 Å². The van der Waals surface area contributed by atoms with Crippen LogP contribution in [0.5, 0.6) is 0 Å². The highest BCUT2D eigenvalue weighted by Gasteiger charge is 2.59. The predicted molar refractivity (Wildman–Crippen MR) is 86.0 cm³/mol. The van der Waals surface area contributed by atoms with Crippen LogP contribution in [0.2, 0.25) is 5.02 Å². The van der Waals surface area contributed by atoms with Crippen LogP contribution in [0.15, 0.2) is 24.3 Å². The van der Waals surface area contributed by atoms with Crippen molar-refractivity contribution in [3.63, 3.8) is 0 Å². The van der Waals surface area contributed by atoms with Crippen LogP contribution in [0.25, 0.3) is 0 Å². The van der Waals surface area contributed by atoms with E-state index in [-0.39, 0.29) is 0 Å². The highest BCUT2D eigenvalue weighted by Crippen LogP contribution is 2.62. The van der Waals surface area contributed by atoms with Crippen molar-refractivity contribution in [2.45, 2.75) is 59.0 Å². The molecule has 4 atom stereocenters. The number of halogens is 1. The van der Waals surface area contributed by atoms with Crippen molar-refractivity contribution in [1.82, 2.24) is 5.32 Å². The molecule has 1 aromatic rings. The first-order chi connectivity index (χ1) is 9.33. The van der Waals surface area contributed by atoms with Gasteiger partial charge in [-0.25, -0.2) is 0 Å². The summed E-state index contributed by atoms with van der Waals surface area (Å²) in [5.74, 6) is 0.891. The summed E-state index contributed by atoms with van der Waals surface area (Å²) in [6, 6.07) is 9.25. The smallest absolute Gasteiger partial charge is 0.0406 e. The molecular formula is C18H26ClN. The molecular weight excluding hydrogens is 266 g/mol. The van der Waals surface area contributed by atoms with Gasteiger partial charge in [-0.2, -0.15) is 0 Å². The molecule has 0 aromatic heterocycles. The van der Waals surface area contributed by atoms with Crippen LogP contribution < -0.4 is 5.32 Å². The van der Waals surface area contributed by atoms with Gasteiger partial charge < -0.3 is 5.32 Å². The first kappa shape index (κ1) is 14.4. The Morgan fingerprint density at radius 3 is 2.40 bits per heavy atom. The number of rotatable bonds is 3. The van der Waals surface area contributed by atoms with Gasteiger partial charge in [-0.3, -0.25) is 0 Å². The van der Waals surface area contributed by atoms with Gasteiger partial charge in [-0.15, -0.1) is 0 Å². The summed E-state index contributed by atoms with van der Waals surface area (Å²) >= 11 is 5.99. The fourth-order valence-electron chi connectivity index (χ4n) is 4.82. The van der Waals surface area contributed by atoms with E-state index in [0.717, 1.165) is 10.9 Å². The monoisotopic (exact) mass is 291 g/mol. The van der Waals surface area contributed by atoms with E-state index in [1.807, 2.05) is 12.1 Å². The molecule has 0 saturated heterocycles. The minimum atomic E-state index is 0.382. The second kappa shape index (κ2) is 4.74. The van der Waals surface area contributed by atoms with Crippen LogP contribution in [0.1, 0.15) is 58.6 Å². The van der Waals surface area contributed by atoms with Crippen molar-refractivity contribution in [2.24, 2.45) is 16.7 Å². The van der Waals surface area contributed by atoms with E-state index >= 15 is 0 Å². The van der Waals surface area contributed by atoms with Gasteiger partial charge in [0.15, 0.2) is 0 Å². The fourth-order valence-corrected chi connectivity index (χ4v) is 4.94. The highest BCUT2D eigenvalue weighted by molar-refractivity contribution is 6.30. The van der Waals surface area contributed by atoms with E-state index < -0.39 is 0 Å². The second-order valence-electron chi connectivity index (χ2n) is 7.79. The Hall–Kier alpha value is -0.530. The second-order valence-corrected chi connectivity index (χ2v) is 8.22. The molecule has 0 heterocycles. The summed E-state index contributed by atoms with van der Waals surface area (Å²) in [5, 5.41) is 4.75. The van der Waals surface area contributed by atoms with Gasteiger partial charge in [-0.05, 0) is 60.6 Å². The van der Waals surface area contributed by atoms with Gasteiger partial charge in [0.1, 0.15) is 0 Å². The Kier molecular flexibility index (Phi) is 3.42. The van der Waals surface area contributed by atoms with Crippen molar-refractivity contribution in [3.05, 3.63) is 34.9 Å². The maximum atomic E-state index is 5.99. The third-order valence-electron chi connectivity index (χ3n) is 6.06. The molecule has 0 amide bonds. The number of nitrogens with one attached hydrogen (secondary N) is 1. The number of fused-ring (bicyclic) bond motifs is 2. The lowest BCUT2D eigenvalue weighted by Gasteiger charge is -2.44. The van der Waals surface area contributed by atoms with Crippen molar-refractivity contribution in [3.8, 4) is 0 Å². The van der Waals surface area contributed by atoms with Gasteiger partial charge >= 0.3 is 0 Å². The van der Waals surface area contributed by atoms with E-state index in [1.54, 1.807) is 0 Å². The van der Waals surface area contributed by atoms with Crippen molar-refractivity contribution < 1.29 is 0 Å². The Morgan fingerprint density at radius 1 is 1.20 bits per heavy atom. The summed E-state index contributed by atoms with van der Waals surface area (Å²) in [7, 11) is 0. The summed E-state index contributed by atoms with van der Waals surface area (Å²) in [5.41, 5.74) is 2.22. The van der Waals surface area contributed by atoms with Crippen LogP contribution in [-0.4, -0.2) is 6.04 Å². The van der Waals surface area contributed by atoms with Gasteiger partial charge in [0.2, 0.25) is 0 Å². The molecule has 20 heavy (non-hydrogen) atoms. The van der Waals surface area contributed by atoms with E-state index in [9.17, 15) is 0 Å². The van der Waals surface area contributed by atoms with Gasteiger partial charge in [0, 0.05) is 17.1 Å². The Balaban J connectivity index is 1.78. The molecule has 2 heteroatoms. The molecule has 2 aliphatic rings. The molecule has 110 valence electrons. The zero-order valence-electron chi connectivity index (χ0n) is 13.0. The topological polar surface area (TPSA) is 12.0 Å². The minimum absolute atomic E-state index is 0.382. The normalized spacial score (nSPS) is 36.2. The first-order valence-corrected chi connectivity index (χ1v) is 8.22. The van der Waals surface area contributed by atoms with Gasteiger partial charge in [0.05, 0.1) is 0 Å².